The summed E-state index contributed by atoms with van der Waals surface area (Å²) in [6.07, 6.45) is -0.378. The van der Waals surface area contributed by atoms with E-state index in [0.717, 1.165) is 10.2 Å². The Morgan fingerprint density at radius 3 is 2.27 bits per heavy atom. The summed E-state index contributed by atoms with van der Waals surface area (Å²) in [5, 5.41) is 2.68. The monoisotopic (exact) mass is 287 g/mol. The molecule has 0 bridgehead atoms. The van der Waals surface area contributed by atoms with Crippen LogP contribution in [0.5, 0.6) is 0 Å². The van der Waals surface area contributed by atoms with Gasteiger partial charge in [-0.3, -0.25) is 5.32 Å². The Hall–Kier alpha value is -0.813. The number of hydrogen-bond acceptors (Lipinski definition) is 2. The highest BCUT2D eigenvalue weighted by molar-refractivity contribution is 9.10. The van der Waals surface area contributed by atoms with E-state index in [0.29, 0.717) is 0 Å². The zero-order valence-electron chi connectivity index (χ0n) is 9.00. The Morgan fingerprint density at radius 2 is 1.80 bits per heavy atom. The van der Waals surface area contributed by atoms with Gasteiger partial charge >= 0.3 is 6.09 Å². The third-order valence-electron chi connectivity index (χ3n) is 1.49. The Labute approximate surface area is 99.1 Å². The summed E-state index contributed by atoms with van der Waals surface area (Å²) in [5.74, 6) is 0. The van der Waals surface area contributed by atoms with Crippen LogP contribution < -0.4 is 5.32 Å². The molecule has 3 nitrogen and oxygen atoms in total. The lowest BCUT2D eigenvalue weighted by Gasteiger charge is -2.17. The second kappa shape index (κ2) is 4.81. The number of anilines is 1. The molecule has 1 aromatic rings. The molecule has 0 aliphatic carbocycles. The highest BCUT2D eigenvalue weighted by Gasteiger charge is 2.19. The smallest absolute Gasteiger partial charge is 0.398 e. The van der Waals surface area contributed by atoms with Crippen molar-refractivity contribution in [2.24, 2.45) is 0 Å². The van der Waals surface area contributed by atoms with Crippen molar-refractivity contribution in [2.45, 2.75) is 19.6 Å². The van der Waals surface area contributed by atoms with Crippen LogP contribution >= 0.6 is 15.9 Å². The van der Waals surface area contributed by atoms with E-state index in [9.17, 15) is 4.79 Å². The van der Waals surface area contributed by atoms with Crippen molar-refractivity contribution in [3.8, 4) is 0 Å². The van der Waals surface area contributed by atoms with Crippen LogP contribution in [-0.2, 0) is 4.43 Å². The van der Waals surface area contributed by atoms with Crippen molar-refractivity contribution in [1.82, 2.24) is 0 Å². The number of nitrogens with one attached hydrogen (secondary N) is 1. The number of rotatable bonds is 2. The van der Waals surface area contributed by atoms with Gasteiger partial charge in [0.2, 0.25) is 8.32 Å². The van der Waals surface area contributed by atoms with Crippen LogP contribution in [0.25, 0.3) is 0 Å². The average Bonchev–Trinajstić information content (AvgIpc) is 2.05. The minimum absolute atomic E-state index is 0.378. The van der Waals surface area contributed by atoms with Crippen molar-refractivity contribution in [2.75, 3.05) is 5.32 Å². The predicted molar refractivity (Wildman–Crippen MR) is 67.6 cm³/mol. The van der Waals surface area contributed by atoms with Crippen LogP contribution in [0.1, 0.15) is 0 Å². The summed E-state index contributed by atoms with van der Waals surface area (Å²) >= 11 is 3.32. The normalized spacial score (nSPS) is 10.9. The molecule has 0 unspecified atom stereocenters. The summed E-state index contributed by atoms with van der Waals surface area (Å²) in [6.45, 7) is 5.90. The fourth-order valence-electron chi connectivity index (χ4n) is 0.955. The van der Waals surface area contributed by atoms with Crippen LogP contribution in [0.15, 0.2) is 28.7 Å². The lowest BCUT2D eigenvalue weighted by Crippen LogP contribution is -2.31. The largest absolute Gasteiger partial charge is 0.504 e. The van der Waals surface area contributed by atoms with Crippen LogP contribution in [0.3, 0.4) is 0 Å². The number of carbonyl (C=O) groups is 1. The topological polar surface area (TPSA) is 38.3 Å². The molecular weight excluding hydrogens is 274 g/mol. The molecule has 0 aliphatic heterocycles. The van der Waals surface area contributed by atoms with Gasteiger partial charge in [0.25, 0.3) is 0 Å². The number of halogens is 1. The summed E-state index contributed by atoms with van der Waals surface area (Å²) in [7, 11) is -1.81. The van der Waals surface area contributed by atoms with E-state index < -0.39 is 8.32 Å². The minimum Gasteiger partial charge on any atom is -0.504 e. The standard InChI is InChI=1S/C10H14BrNO2Si/c1-15(2,3)14-10(13)12-9-6-4-8(11)5-7-9/h4-7H,1-3H3,(H,12,13). The maximum atomic E-state index is 11.4. The third kappa shape index (κ3) is 4.99. The molecule has 1 aromatic carbocycles. The highest BCUT2D eigenvalue weighted by Crippen LogP contribution is 2.14. The second-order valence-electron chi connectivity index (χ2n) is 4.13. The van der Waals surface area contributed by atoms with Crippen molar-refractivity contribution >= 4 is 36.0 Å². The molecule has 0 fully saturated rings. The Balaban J connectivity index is 2.55. The first-order valence-electron chi connectivity index (χ1n) is 4.62. The van der Waals surface area contributed by atoms with Gasteiger partial charge in [0, 0.05) is 10.2 Å². The summed E-state index contributed by atoms with van der Waals surface area (Å²) in [4.78, 5) is 11.4. The van der Waals surface area contributed by atoms with E-state index in [-0.39, 0.29) is 6.09 Å². The third-order valence-corrected chi connectivity index (χ3v) is 2.82. The number of hydrogen-bond donors (Lipinski definition) is 1. The van der Waals surface area contributed by atoms with E-state index in [1.54, 1.807) is 0 Å². The van der Waals surface area contributed by atoms with E-state index in [1.165, 1.54) is 0 Å². The predicted octanol–water partition coefficient (Wildman–Crippen LogP) is 3.83. The van der Waals surface area contributed by atoms with Gasteiger partial charge in [-0.15, -0.1) is 0 Å². The van der Waals surface area contributed by atoms with Crippen LogP contribution in [-0.4, -0.2) is 14.4 Å². The fraction of sp³-hybridized carbons (Fsp3) is 0.300. The molecule has 1 rings (SSSR count). The summed E-state index contributed by atoms with van der Waals surface area (Å²) < 4.78 is 6.23. The molecule has 5 heteroatoms. The first-order chi connectivity index (χ1) is 6.87. The molecule has 82 valence electrons. The van der Waals surface area contributed by atoms with Gasteiger partial charge < -0.3 is 4.43 Å². The van der Waals surface area contributed by atoms with Crippen LogP contribution in [0.2, 0.25) is 19.6 Å². The summed E-state index contributed by atoms with van der Waals surface area (Å²) in [5.41, 5.74) is 0.737. The molecule has 15 heavy (non-hydrogen) atoms. The summed E-state index contributed by atoms with van der Waals surface area (Å²) in [6, 6.07) is 7.36. The van der Waals surface area contributed by atoms with Crippen LogP contribution in [0.4, 0.5) is 10.5 Å². The van der Waals surface area contributed by atoms with Gasteiger partial charge in [-0.25, -0.2) is 4.79 Å². The zero-order chi connectivity index (χ0) is 11.5. The SMILES string of the molecule is C[Si](C)(C)OC(=O)Nc1ccc(Br)cc1. The number of amides is 1. The average molecular weight is 288 g/mol. The quantitative estimate of drug-likeness (QED) is 0.840. The van der Waals surface area contributed by atoms with Gasteiger partial charge in [-0.2, -0.15) is 0 Å². The van der Waals surface area contributed by atoms with E-state index in [2.05, 4.69) is 21.2 Å². The first kappa shape index (κ1) is 12.3. The van der Waals surface area contributed by atoms with Gasteiger partial charge in [0.05, 0.1) is 0 Å². The fourth-order valence-corrected chi connectivity index (χ4v) is 1.83. The molecular formula is C10H14BrNO2Si. The first-order valence-corrected chi connectivity index (χ1v) is 8.82. The maximum Gasteiger partial charge on any atom is 0.398 e. The van der Waals surface area contributed by atoms with Crippen LogP contribution in [0, 0.1) is 0 Å². The molecule has 0 aromatic heterocycles. The molecule has 0 atom stereocenters. The minimum atomic E-state index is -1.81. The Morgan fingerprint density at radius 1 is 1.27 bits per heavy atom. The van der Waals surface area contributed by atoms with Gasteiger partial charge in [-0.05, 0) is 43.9 Å². The highest BCUT2D eigenvalue weighted by atomic mass is 79.9. The Kier molecular flexibility index (Phi) is 3.93. The van der Waals surface area contributed by atoms with E-state index >= 15 is 0 Å². The number of benzene rings is 1. The molecule has 0 heterocycles. The lowest BCUT2D eigenvalue weighted by atomic mass is 10.3. The van der Waals surface area contributed by atoms with Crippen molar-refractivity contribution < 1.29 is 9.22 Å². The molecule has 0 aliphatic rings. The molecule has 0 saturated heterocycles. The molecule has 0 spiro atoms. The lowest BCUT2D eigenvalue weighted by molar-refractivity contribution is 0.214. The van der Waals surface area contributed by atoms with Crippen molar-refractivity contribution in [1.29, 1.82) is 0 Å². The van der Waals surface area contributed by atoms with Crippen molar-refractivity contribution in [3.05, 3.63) is 28.7 Å². The van der Waals surface area contributed by atoms with Gasteiger partial charge in [0.1, 0.15) is 0 Å². The van der Waals surface area contributed by atoms with Crippen molar-refractivity contribution in [3.63, 3.8) is 0 Å². The second-order valence-corrected chi connectivity index (χ2v) is 9.48. The molecule has 1 N–H and O–H groups in total. The Bertz CT molecular complexity index is 345. The maximum absolute atomic E-state index is 11.4. The van der Waals surface area contributed by atoms with E-state index in [1.807, 2.05) is 43.9 Å². The molecule has 0 radical (unpaired) electrons. The van der Waals surface area contributed by atoms with Gasteiger partial charge in [-0.1, -0.05) is 15.9 Å². The number of carbonyl (C=O) groups excluding carboxylic acids is 1. The van der Waals surface area contributed by atoms with E-state index in [4.69, 9.17) is 4.43 Å². The van der Waals surface area contributed by atoms with Gasteiger partial charge in [0.15, 0.2) is 0 Å². The zero-order valence-corrected chi connectivity index (χ0v) is 11.6. The molecule has 0 saturated carbocycles. The molecule has 1 amide bonds.